The quantitative estimate of drug-likeness (QED) is 0.698. The molecule has 0 fully saturated rings. The summed E-state index contributed by atoms with van der Waals surface area (Å²) in [7, 11) is 2.06. The van der Waals surface area contributed by atoms with Crippen LogP contribution < -0.4 is 16.4 Å². The van der Waals surface area contributed by atoms with E-state index in [-0.39, 0.29) is 0 Å². The molecule has 0 unspecified atom stereocenters. The summed E-state index contributed by atoms with van der Waals surface area (Å²) in [5.74, 6) is 0. The largest absolute Gasteiger partial charge is 0.399 e. The smallest absolute Gasteiger partial charge is 0.0551 e. The van der Waals surface area contributed by atoms with Crippen LogP contribution in [0.1, 0.15) is 0 Å². The van der Waals surface area contributed by atoms with E-state index in [0.717, 1.165) is 11.4 Å². The highest BCUT2D eigenvalue weighted by atomic mass is 32.2. The van der Waals surface area contributed by atoms with Crippen LogP contribution in [0, 0.1) is 0 Å². The zero-order chi connectivity index (χ0) is 12.0. The van der Waals surface area contributed by atoms with Gasteiger partial charge in [-0.25, -0.2) is 0 Å². The second-order valence-electron chi connectivity index (χ2n) is 4.12. The molecule has 0 aromatic heterocycles. The number of hydrogen-bond acceptors (Lipinski definition) is 4. The molecule has 0 aliphatic carbocycles. The minimum Gasteiger partial charge on any atom is -0.399 e. The minimum atomic E-state index is 0.789. The van der Waals surface area contributed by atoms with E-state index >= 15 is 0 Å². The number of benzene rings is 2. The summed E-state index contributed by atoms with van der Waals surface area (Å²) in [6.07, 6.45) is 0. The lowest BCUT2D eigenvalue weighted by Gasteiger charge is -2.29. The Morgan fingerprint density at radius 1 is 0.882 bits per heavy atom. The average Bonchev–Trinajstić information content (AvgIpc) is 2.28. The lowest BCUT2D eigenvalue weighted by molar-refractivity contribution is 1.11. The number of hydrogen-bond donors (Lipinski definition) is 2. The molecule has 0 saturated heterocycles. The van der Waals surface area contributed by atoms with Crippen LogP contribution in [-0.2, 0) is 0 Å². The van der Waals surface area contributed by atoms with Crippen molar-refractivity contribution >= 4 is 34.5 Å². The van der Waals surface area contributed by atoms with Gasteiger partial charge in [0.05, 0.1) is 11.4 Å². The lowest BCUT2D eigenvalue weighted by atomic mass is 10.2. The van der Waals surface area contributed by atoms with Gasteiger partial charge in [0.25, 0.3) is 0 Å². The number of nitrogens with zero attached hydrogens (tertiary/aromatic N) is 1. The molecular formula is C13H13N3S. The van der Waals surface area contributed by atoms with Crippen molar-refractivity contribution in [2.75, 3.05) is 23.4 Å². The van der Waals surface area contributed by atoms with Gasteiger partial charge in [0.1, 0.15) is 0 Å². The summed E-state index contributed by atoms with van der Waals surface area (Å²) in [5.41, 5.74) is 15.6. The molecule has 1 heterocycles. The highest BCUT2D eigenvalue weighted by molar-refractivity contribution is 7.99. The maximum Gasteiger partial charge on any atom is 0.0551 e. The first-order valence-electron chi connectivity index (χ1n) is 5.36. The zero-order valence-corrected chi connectivity index (χ0v) is 10.3. The highest BCUT2D eigenvalue weighted by Gasteiger charge is 2.20. The van der Waals surface area contributed by atoms with Crippen LogP contribution in [-0.4, -0.2) is 7.05 Å². The van der Waals surface area contributed by atoms with E-state index < -0.39 is 0 Å². The molecule has 0 radical (unpaired) electrons. The summed E-state index contributed by atoms with van der Waals surface area (Å²) < 4.78 is 0. The molecule has 1 aliphatic heterocycles. The predicted molar refractivity (Wildman–Crippen MR) is 73.9 cm³/mol. The standard InChI is InChI=1S/C13H13N3S/c1-16-10-4-2-8(14)6-12(10)17-13-7-9(15)3-5-11(13)16/h2-7H,14-15H2,1H3. The second kappa shape index (κ2) is 3.60. The Morgan fingerprint density at radius 2 is 1.35 bits per heavy atom. The van der Waals surface area contributed by atoms with Crippen LogP contribution >= 0.6 is 11.8 Å². The molecule has 4 N–H and O–H groups in total. The van der Waals surface area contributed by atoms with Crippen molar-refractivity contribution in [2.24, 2.45) is 0 Å². The molecule has 1 aliphatic rings. The van der Waals surface area contributed by atoms with Gasteiger partial charge >= 0.3 is 0 Å². The molecule has 2 aromatic carbocycles. The second-order valence-corrected chi connectivity index (χ2v) is 5.20. The van der Waals surface area contributed by atoms with Crippen LogP contribution in [0.25, 0.3) is 0 Å². The maximum absolute atomic E-state index is 5.82. The van der Waals surface area contributed by atoms with E-state index in [2.05, 4.69) is 24.1 Å². The Balaban J connectivity index is 2.17. The van der Waals surface area contributed by atoms with Gasteiger partial charge in [0.15, 0.2) is 0 Å². The summed E-state index contributed by atoms with van der Waals surface area (Å²) in [4.78, 5) is 4.51. The molecule has 0 bridgehead atoms. The van der Waals surface area contributed by atoms with Gasteiger partial charge in [0, 0.05) is 28.2 Å². The van der Waals surface area contributed by atoms with Crippen LogP contribution in [0.2, 0.25) is 0 Å². The van der Waals surface area contributed by atoms with Crippen molar-refractivity contribution in [3.63, 3.8) is 0 Å². The Bertz CT molecular complexity index is 544. The van der Waals surface area contributed by atoms with E-state index in [1.165, 1.54) is 21.2 Å². The van der Waals surface area contributed by atoms with Crippen molar-refractivity contribution in [2.45, 2.75) is 9.79 Å². The van der Waals surface area contributed by atoms with Crippen LogP contribution in [0.5, 0.6) is 0 Å². The Kier molecular flexibility index (Phi) is 2.19. The third kappa shape index (κ3) is 1.61. The van der Waals surface area contributed by atoms with Crippen molar-refractivity contribution < 1.29 is 0 Å². The SMILES string of the molecule is CN1c2ccc(N)cc2Sc2cc(N)ccc21. The van der Waals surface area contributed by atoms with Crippen molar-refractivity contribution in [3.05, 3.63) is 36.4 Å². The van der Waals surface area contributed by atoms with E-state index in [4.69, 9.17) is 11.5 Å². The molecule has 0 atom stereocenters. The van der Waals surface area contributed by atoms with Gasteiger partial charge in [-0.3, -0.25) is 0 Å². The fourth-order valence-electron chi connectivity index (χ4n) is 2.03. The number of rotatable bonds is 0. The average molecular weight is 243 g/mol. The molecule has 0 spiro atoms. The van der Waals surface area contributed by atoms with E-state index in [1.807, 2.05) is 24.3 Å². The molecule has 4 heteroatoms. The fraction of sp³-hybridized carbons (Fsp3) is 0.0769. The van der Waals surface area contributed by atoms with Crippen molar-refractivity contribution in [3.8, 4) is 0 Å². The molecule has 0 saturated carbocycles. The van der Waals surface area contributed by atoms with E-state index in [0.29, 0.717) is 0 Å². The molecule has 2 aromatic rings. The van der Waals surface area contributed by atoms with Gasteiger partial charge < -0.3 is 16.4 Å². The van der Waals surface area contributed by atoms with E-state index in [1.54, 1.807) is 11.8 Å². The van der Waals surface area contributed by atoms with Crippen LogP contribution in [0.15, 0.2) is 46.2 Å². The van der Waals surface area contributed by atoms with Crippen LogP contribution in [0.4, 0.5) is 22.7 Å². The monoisotopic (exact) mass is 243 g/mol. The number of nitrogen functional groups attached to an aromatic ring is 2. The van der Waals surface area contributed by atoms with Gasteiger partial charge in [-0.2, -0.15) is 0 Å². The van der Waals surface area contributed by atoms with Crippen molar-refractivity contribution in [1.29, 1.82) is 0 Å². The topological polar surface area (TPSA) is 55.3 Å². The molecule has 3 rings (SSSR count). The fourth-order valence-corrected chi connectivity index (χ4v) is 3.27. The van der Waals surface area contributed by atoms with Crippen molar-refractivity contribution in [1.82, 2.24) is 0 Å². The maximum atomic E-state index is 5.82. The summed E-state index contributed by atoms with van der Waals surface area (Å²) in [5, 5.41) is 0. The zero-order valence-electron chi connectivity index (χ0n) is 9.47. The summed E-state index contributed by atoms with van der Waals surface area (Å²) in [6, 6.07) is 12.0. The predicted octanol–water partition coefficient (Wildman–Crippen LogP) is 3.08. The first kappa shape index (κ1) is 10.4. The first-order valence-corrected chi connectivity index (χ1v) is 6.17. The Morgan fingerprint density at radius 3 is 1.82 bits per heavy atom. The number of fused-ring (bicyclic) bond motifs is 2. The third-order valence-corrected chi connectivity index (χ3v) is 4.00. The molecule has 0 amide bonds. The van der Waals surface area contributed by atoms with Gasteiger partial charge in [-0.05, 0) is 36.4 Å². The Hall–Kier alpha value is -1.81. The molecule has 17 heavy (non-hydrogen) atoms. The number of anilines is 4. The summed E-state index contributed by atoms with van der Waals surface area (Å²) in [6.45, 7) is 0. The highest BCUT2D eigenvalue weighted by Crippen LogP contribution is 2.48. The summed E-state index contributed by atoms with van der Waals surface area (Å²) >= 11 is 1.71. The van der Waals surface area contributed by atoms with Crippen LogP contribution in [0.3, 0.4) is 0 Å². The Labute approximate surface area is 104 Å². The number of nitrogens with two attached hydrogens (primary N) is 2. The van der Waals surface area contributed by atoms with Gasteiger partial charge in [-0.15, -0.1) is 0 Å². The normalized spacial score (nSPS) is 13.1. The van der Waals surface area contributed by atoms with Gasteiger partial charge in [-0.1, -0.05) is 11.8 Å². The lowest BCUT2D eigenvalue weighted by Crippen LogP contribution is -2.14. The first-order chi connectivity index (χ1) is 8.15. The third-order valence-electron chi connectivity index (χ3n) is 2.91. The van der Waals surface area contributed by atoms with Gasteiger partial charge in [0.2, 0.25) is 0 Å². The molecule has 3 nitrogen and oxygen atoms in total. The van der Waals surface area contributed by atoms with E-state index in [9.17, 15) is 0 Å². The minimum absolute atomic E-state index is 0.789. The molecule has 86 valence electrons. The molecular weight excluding hydrogens is 230 g/mol.